The fraction of sp³-hybridized carbons (Fsp3) is 0. The second-order valence-corrected chi connectivity index (χ2v) is 10.6. The van der Waals surface area contributed by atoms with Crippen molar-refractivity contribution < 1.29 is 0 Å². The van der Waals surface area contributed by atoms with Crippen LogP contribution >= 0.6 is 0 Å². The van der Waals surface area contributed by atoms with Gasteiger partial charge in [0.15, 0.2) is 0 Å². The predicted octanol–water partition coefficient (Wildman–Crippen LogP) is 10.6. The molecule has 0 aliphatic carbocycles. The maximum atomic E-state index is 5.46. The molecule has 0 amide bonds. The second-order valence-electron chi connectivity index (χ2n) is 10.6. The molecule has 0 spiro atoms. The Bertz CT molecular complexity index is 2070. The molecular weight excluding hydrogens is 508 g/mol. The number of fused-ring (bicyclic) bond motifs is 3. The van der Waals surface area contributed by atoms with Crippen LogP contribution in [-0.4, -0.2) is 9.97 Å². The summed E-state index contributed by atoms with van der Waals surface area (Å²) in [5, 5.41) is 4.86. The number of nitrogens with zero attached hydrogens (tertiary/aromatic N) is 2. The Balaban J connectivity index is 1.46. The minimum atomic E-state index is 0.881. The molecule has 8 rings (SSSR count). The van der Waals surface area contributed by atoms with Crippen LogP contribution in [-0.2, 0) is 0 Å². The summed E-state index contributed by atoms with van der Waals surface area (Å²) < 4.78 is 0. The molecule has 2 nitrogen and oxygen atoms in total. The molecular formula is C40H26N2. The van der Waals surface area contributed by atoms with Crippen LogP contribution in [0.25, 0.3) is 77.3 Å². The molecule has 0 aliphatic heterocycles. The quantitative estimate of drug-likeness (QED) is 0.224. The molecule has 1 aromatic heterocycles. The molecule has 0 atom stereocenters. The Morgan fingerprint density at radius 1 is 0.286 bits per heavy atom. The van der Waals surface area contributed by atoms with Gasteiger partial charge in [0.1, 0.15) is 0 Å². The number of hydrogen-bond acceptors (Lipinski definition) is 2. The van der Waals surface area contributed by atoms with Gasteiger partial charge in [-0.25, -0.2) is 9.97 Å². The van der Waals surface area contributed by atoms with Crippen molar-refractivity contribution in [2.45, 2.75) is 0 Å². The van der Waals surface area contributed by atoms with E-state index in [9.17, 15) is 0 Å². The Morgan fingerprint density at radius 2 is 0.667 bits per heavy atom. The molecule has 0 radical (unpaired) electrons. The summed E-state index contributed by atoms with van der Waals surface area (Å²) in [4.78, 5) is 10.9. The summed E-state index contributed by atoms with van der Waals surface area (Å²) in [6, 6.07) is 55.5. The maximum Gasteiger partial charge on any atom is 0.0979 e. The molecule has 0 saturated heterocycles. The number of hydrogen-bond donors (Lipinski definition) is 0. The van der Waals surface area contributed by atoms with E-state index >= 15 is 0 Å². The van der Waals surface area contributed by atoms with Gasteiger partial charge in [-0.05, 0) is 44.8 Å². The fourth-order valence-corrected chi connectivity index (χ4v) is 5.91. The van der Waals surface area contributed by atoms with Gasteiger partial charge in [0, 0.05) is 22.3 Å². The third-order valence-corrected chi connectivity index (χ3v) is 8.04. The number of benzene rings is 7. The molecule has 0 N–H and O–H groups in total. The number of rotatable bonds is 4. The van der Waals surface area contributed by atoms with Crippen molar-refractivity contribution >= 4 is 32.6 Å². The van der Waals surface area contributed by atoms with Crippen molar-refractivity contribution in [1.29, 1.82) is 0 Å². The topological polar surface area (TPSA) is 25.8 Å². The first-order valence-electron chi connectivity index (χ1n) is 14.3. The summed E-state index contributed by atoms with van der Waals surface area (Å²) >= 11 is 0. The van der Waals surface area contributed by atoms with E-state index in [1.54, 1.807) is 0 Å². The molecule has 0 bridgehead atoms. The highest BCUT2D eigenvalue weighted by molar-refractivity contribution is 6.05. The van der Waals surface area contributed by atoms with Crippen LogP contribution in [0.15, 0.2) is 158 Å². The van der Waals surface area contributed by atoms with Crippen molar-refractivity contribution in [3.8, 4) is 44.8 Å². The van der Waals surface area contributed by atoms with Crippen LogP contribution < -0.4 is 0 Å². The number of aromatic nitrogens is 2. The van der Waals surface area contributed by atoms with Gasteiger partial charge in [-0.3, -0.25) is 0 Å². The third-order valence-electron chi connectivity index (χ3n) is 8.04. The first-order chi connectivity index (χ1) is 20.8. The lowest BCUT2D eigenvalue weighted by atomic mass is 9.94. The Labute approximate surface area is 244 Å². The maximum absolute atomic E-state index is 5.46. The standard InChI is InChI=1S/C40H26N2/c1-3-13-29(14-4-1)37-38(30-15-5-2-6-16-30)42-40-36(34-22-20-28-12-8-10-18-32(28)26-34)24-23-35(39(40)41-37)33-21-19-27-11-7-9-17-31(27)25-33/h1-26H. The summed E-state index contributed by atoms with van der Waals surface area (Å²) in [6.07, 6.45) is 0. The van der Waals surface area contributed by atoms with Crippen molar-refractivity contribution in [1.82, 2.24) is 9.97 Å². The fourth-order valence-electron chi connectivity index (χ4n) is 5.91. The van der Waals surface area contributed by atoms with Crippen LogP contribution in [0, 0.1) is 0 Å². The predicted molar refractivity (Wildman–Crippen MR) is 176 cm³/mol. The van der Waals surface area contributed by atoms with Gasteiger partial charge >= 0.3 is 0 Å². The smallest absolute Gasteiger partial charge is 0.0979 e. The first-order valence-corrected chi connectivity index (χ1v) is 14.3. The normalized spacial score (nSPS) is 11.3. The van der Waals surface area contributed by atoms with Crippen LogP contribution in [0.4, 0.5) is 0 Å². The zero-order valence-electron chi connectivity index (χ0n) is 22.9. The molecule has 2 heteroatoms. The Kier molecular flexibility index (Phi) is 5.82. The van der Waals surface area contributed by atoms with Gasteiger partial charge in [-0.2, -0.15) is 0 Å². The highest BCUT2D eigenvalue weighted by Crippen LogP contribution is 2.39. The van der Waals surface area contributed by atoms with Gasteiger partial charge in [0.25, 0.3) is 0 Å². The molecule has 1 heterocycles. The summed E-state index contributed by atoms with van der Waals surface area (Å²) in [5.74, 6) is 0. The lowest BCUT2D eigenvalue weighted by Gasteiger charge is -2.16. The lowest BCUT2D eigenvalue weighted by molar-refractivity contribution is 1.29. The Morgan fingerprint density at radius 3 is 1.10 bits per heavy atom. The average molecular weight is 535 g/mol. The molecule has 0 fully saturated rings. The average Bonchev–Trinajstić information content (AvgIpc) is 3.07. The highest BCUT2D eigenvalue weighted by Gasteiger charge is 2.19. The van der Waals surface area contributed by atoms with E-state index in [0.717, 1.165) is 55.8 Å². The van der Waals surface area contributed by atoms with Crippen molar-refractivity contribution in [3.63, 3.8) is 0 Å². The van der Waals surface area contributed by atoms with Gasteiger partial charge in [-0.15, -0.1) is 0 Å². The highest BCUT2D eigenvalue weighted by atomic mass is 14.8. The SMILES string of the molecule is c1ccc(-c2nc3c(-c4ccc5ccccc5c4)ccc(-c4ccc5ccccc5c4)c3nc2-c2ccccc2)cc1. The molecule has 0 aliphatic rings. The molecule has 8 aromatic rings. The van der Waals surface area contributed by atoms with Crippen LogP contribution in [0.1, 0.15) is 0 Å². The third kappa shape index (κ3) is 4.22. The summed E-state index contributed by atoms with van der Waals surface area (Å²) in [7, 11) is 0. The minimum absolute atomic E-state index is 0.881. The molecule has 7 aromatic carbocycles. The molecule has 0 unspecified atom stereocenters. The summed E-state index contributed by atoms with van der Waals surface area (Å²) in [6.45, 7) is 0. The van der Waals surface area contributed by atoms with Gasteiger partial charge < -0.3 is 0 Å². The van der Waals surface area contributed by atoms with Crippen molar-refractivity contribution in [3.05, 3.63) is 158 Å². The largest absolute Gasteiger partial charge is 0.243 e. The van der Waals surface area contributed by atoms with E-state index in [4.69, 9.17) is 9.97 Å². The van der Waals surface area contributed by atoms with E-state index < -0.39 is 0 Å². The zero-order chi connectivity index (χ0) is 27.9. The molecule has 196 valence electrons. The van der Waals surface area contributed by atoms with Gasteiger partial charge in [-0.1, -0.05) is 146 Å². The van der Waals surface area contributed by atoms with E-state index in [-0.39, 0.29) is 0 Å². The van der Waals surface area contributed by atoms with Gasteiger partial charge in [0.05, 0.1) is 22.4 Å². The minimum Gasteiger partial charge on any atom is -0.243 e. The monoisotopic (exact) mass is 534 g/mol. The van der Waals surface area contributed by atoms with E-state index in [1.807, 2.05) is 12.1 Å². The first kappa shape index (κ1) is 24.2. The Hall–Kier alpha value is -5.60. The van der Waals surface area contributed by atoms with Crippen LogP contribution in [0.5, 0.6) is 0 Å². The van der Waals surface area contributed by atoms with Gasteiger partial charge in [0.2, 0.25) is 0 Å². The van der Waals surface area contributed by atoms with Crippen molar-refractivity contribution in [2.75, 3.05) is 0 Å². The van der Waals surface area contributed by atoms with Crippen LogP contribution in [0.2, 0.25) is 0 Å². The van der Waals surface area contributed by atoms with E-state index in [1.165, 1.54) is 21.5 Å². The molecule has 0 saturated carbocycles. The van der Waals surface area contributed by atoms with Crippen molar-refractivity contribution in [2.24, 2.45) is 0 Å². The molecule has 42 heavy (non-hydrogen) atoms. The van der Waals surface area contributed by atoms with E-state index in [2.05, 4.69) is 146 Å². The lowest BCUT2D eigenvalue weighted by Crippen LogP contribution is -1.99. The summed E-state index contributed by atoms with van der Waals surface area (Å²) in [5.41, 5.74) is 10.1. The second kappa shape index (κ2) is 10.1. The zero-order valence-corrected chi connectivity index (χ0v) is 22.9. The van der Waals surface area contributed by atoms with Crippen LogP contribution in [0.3, 0.4) is 0 Å². The van der Waals surface area contributed by atoms with E-state index in [0.29, 0.717) is 0 Å².